The SMILES string of the molecule is CC(C)COc1ccc(NC(=O)CN2CC(=O)Oc3ccccc32)cc1. The van der Waals surface area contributed by atoms with E-state index < -0.39 is 0 Å². The Morgan fingerprint density at radius 2 is 1.92 bits per heavy atom. The van der Waals surface area contributed by atoms with Gasteiger partial charge in [0.25, 0.3) is 0 Å². The number of esters is 1. The molecule has 0 radical (unpaired) electrons. The molecule has 1 amide bonds. The van der Waals surface area contributed by atoms with Crippen LogP contribution in [0.2, 0.25) is 0 Å². The fraction of sp³-hybridized carbons (Fsp3) is 0.300. The molecular formula is C20H22N2O4. The van der Waals surface area contributed by atoms with Crippen LogP contribution in [0.4, 0.5) is 11.4 Å². The molecule has 0 unspecified atom stereocenters. The number of carbonyl (C=O) groups is 2. The van der Waals surface area contributed by atoms with Crippen LogP contribution in [0.3, 0.4) is 0 Å². The fourth-order valence-electron chi connectivity index (χ4n) is 2.61. The van der Waals surface area contributed by atoms with Gasteiger partial charge in [-0.2, -0.15) is 0 Å². The lowest BCUT2D eigenvalue weighted by molar-refractivity contribution is -0.133. The summed E-state index contributed by atoms with van der Waals surface area (Å²) >= 11 is 0. The predicted molar refractivity (Wildman–Crippen MR) is 99.7 cm³/mol. The van der Waals surface area contributed by atoms with Crippen molar-refractivity contribution in [3.8, 4) is 11.5 Å². The number of fused-ring (bicyclic) bond motifs is 1. The van der Waals surface area contributed by atoms with Crippen molar-refractivity contribution in [1.82, 2.24) is 0 Å². The van der Waals surface area contributed by atoms with Gasteiger partial charge in [-0.3, -0.25) is 4.79 Å². The van der Waals surface area contributed by atoms with Crippen molar-refractivity contribution in [2.45, 2.75) is 13.8 Å². The number of para-hydroxylation sites is 2. The number of hydrogen-bond donors (Lipinski definition) is 1. The van der Waals surface area contributed by atoms with Gasteiger partial charge >= 0.3 is 5.97 Å². The molecular weight excluding hydrogens is 332 g/mol. The molecule has 0 saturated heterocycles. The van der Waals surface area contributed by atoms with Gasteiger partial charge in [0.1, 0.15) is 12.3 Å². The summed E-state index contributed by atoms with van der Waals surface area (Å²) in [5, 5.41) is 2.84. The zero-order chi connectivity index (χ0) is 18.5. The van der Waals surface area contributed by atoms with Crippen LogP contribution in [0, 0.1) is 5.92 Å². The first kappa shape index (κ1) is 17.8. The molecule has 0 bridgehead atoms. The average molecular weight is 354 g/mol. The molecule has 0 atom stereocenters. The number of benzene rings is 2. The summed E-state index contributed by atoms with van der Waals surface area (Å²) in [6.45, 7) is 4.94. The third-order valence-corrected chi connectivity index (χ3v) is 3.81. The van der Waals surface area contributed by atoms with Crippen molar-refractivity contribution in [3.63, 3.8) is 0 Å². The van der Waals surface area contributed by atoms with Gasteiger partial charge in [0, 0.05) is 5.69 Å². The lowest BCUT2D eigenvalue weighted by atomic mass is 10.2. The Labute approximate surface area is 152 Å². The molecule has 1 heterocycles. The first-order valence-electron chi connectivity index (χ1n) is 8.58. The van der Waals surface area contributed by atoms with Gasteiger partial charge < -0.3 is 19.7 Å². The first-order valence-corrected chi connectivity index (χ1v) is 8.58. The Morgan fingerprint density at radius 3 is 2.65 bits per heavy atom. The number of nitrogens with zero attached hydrogens (tertiary/aromatic N) is 1. The zero-order valence-corrected chi connectivity index (χ0v) is 14.9. The number of nitrogens with one attached hydrogen (secondary N) is 1. The summed E-state index contributed by atoms with van der Waals surface area (Å²) in [6, 6.07) is 14.4. The number of amides is 1. The molecule has 0 spiro atoms. The van der Waals surface area contributed by atoms with Gasteiger partial charge in [-0.1, -0.05) is 26.0 Å². The highest BCUT2D eigenvalue weighted by atomic mass is 16.5. The van der Waals surface area contributed by atoms with E-state index >= 15 is 0 Å². The van der Waals surface area contributed by atoms with Crippen molar-refractivity contribution < 1.29 is 19.1 Å². The van der Waals surface area contributed by atoms with Crippen LogP contribution >= 0.6 is 0 Å². The van der Waals surface area contributed by atoms with Gasteiger partial charge in [0.05, 0.1) is 18.8 Å². The minimum absolute atomic E-state index is 0.0480. The maximum atomic E-state index is 12.4. The fourth-order valence-corrected chi connectivity index (χ4v) is 2.61. The lowest BCUT2D eigenvalue weighted by Crippen LogP contribution is -2.41. The highest BCUT2D eigenvalue weighted by Gasteiger charge is 2.25. The minimum atomic E-state index is -0.372. The van der Waals surface area contributed by atoms with Crippen molar-refractivity contribution >= 4 is 23.3 Å². The van der Waals surface area contributed by atoms with E-state index in [-0.39, 0.29) is 25.0 Å². The van der Waals surface area contributed by atoms with Gasteiger partial charge in [0.2, 0.25) is 5.91 Å². The predicted octanol–water partition coefficient (Wildman–Crippen LogP) is 3.09. The summed E-state index contributed by atoms with van der Waals surface area (Å²) in [7, 11) is 0. The van der Waals surface area contributed by atoms with Gasteiger partial charge in [0.15, 0.2) is 5.75 Å². The minimum Gasteiger partial charge on any atom is -0.493 e. The van der Waals surface area contributed by atoms with Crippen molar-refractivity contribution in [1.29, 1.82) is 0 Å². The number of hydrogen-bond acceptors (Lipinski definition) is 5. The third kappa shape index (κ3) is 4.53. The molecule has 2 aromatic carbocycles. The van der Waals surface area contributed by atoms with Crippen LogP contribution in [-0.2, 0) is 9.59 Å². The summed E-state index contributed by atoms with van der Waals surface area (Å²) in [5.74, 6) is 1.12. The Morgan fingerprint density at radius 1 is 1.19 bits per heavy atom. The normalized spacial score (nSPS) is 13.2. The molecule has 0 fully saturated rings. The monoisotopic (exact) mass is 354 g/mol. The second kappa shape index (κ2) is 7.91. The van der Waals surface area contributed by atoms with E-state index in [1.54, 1.807) is 29.2 Å². The molecule has 6 heteroatoms. The van der Waals surface area contributed by atoms with E-state index in [2.05, 4.69) is 19.2 Å². The Kier molecular flexibility index (Phi) is 5.41. The molecule has 1 aliphatic rings. The molecule has 136 valence electrons. The second-order valence-corrected chi connectivity index (χ2v) is 6.58. The third-order valence-electron chi connectivity index (χ3n) is 3.81. The molecule has 0 aliphatic carbocycles. The van der Waals surface area contributed by atoms with Gasteiger partial charge in [-0.25, -0.2) is 4.79 Å². The maximum absolute atomic E-state index is 12.4. The number of carbonyl (C=O) groups excluding carboxylic acids is 2. The summed E-state index contributed by atoms with van der Waals surface area (Å²) in [5.41, 5.74) is 1.42. The quantitative estimate of drug-likeness (QED) is 0.638. The summed E-state index contributed by atoms with van der Waals surface area (Å²) < 4.78 is 10.8. The molecule has 1 aliphatic heterocycles. The first-order chi connectivity index (χ1) is 12.5. The highest BCUT2D eigenvalue weighted by Crippen LogP contribution is 2.31. The summed E-state index contributed by atoms with van der Waals surface area (Å²) in [4.78, 5) is 25.8. The van der Waals surface area contributed by atoms with E-state index in [1.807, 2.05) is 24.3 Å². The molecule has 2 aromatic rings. The average Bonchev–Trinajstić information content (AvgIpc) is 2.61. The van der Waals surface area contributed by atoms with E-state index in [0.717, 1.165) is 11.4 Å². The number of ether oxygens (including phenoxy) is 2. The largest absolute Gasteiger partial charge is 0.493 e. The van der Waals surface area contributed by atoms with Crippen LogP contribution in [0.15, 0.2) is 48.5 Å². The Hall–Kier alpha value is -3.02. The lowest BCUT2D eigenvalue weighted by Gasteiger charge is -2.29. The Bertz CT molecular complexity index is 787. The van der Waals surface area contributed by atoms with Crippen LogP contribution in [-0.4, -0.2) is 31.6 Å². The molecule has 3 rings (SSSR count). The standard InChI is InChI=1S/C20H22N2O4/c1-14(2)13-25-16-9-7-15(8-10-16)21-19(23)11-22-12-20(24)26-18-6-4-3-5-17(18)22/h3-10,14H,11-13H2,1-2H3,(H,21,23). The smallest absolute Gasteiger partial charge is 0.331 e. The van der Waals surface area contributed by atoms with Crippen molar-refractivity contribution in [2.75, 3.05) is 29.9 Å². The van der Waals surface area contributed by atoms with Crippen LogP contribution in [0.25, 0.3) is 0 Å². The maximum Gasteiger partial charge on any atom is 0.331 e. The number of rotatable bonds is 6. The molecule has 1 N–H and O–H groups in total. The van der Waals surface area contributed by atoms with E-state index in [4.69, 9.17) is 9.47 Å². The van der Waals surface area contributed by atoms with Crippen molar-refractivity contribution in [3.05, 3.63) is 48.5 Å². The molecule has 26 heavy (non-hydrogen) atoms. The van der Waals surface area contributed by atoms with Crippen molar-refractivity contribution in [2.24, 2.45) is 5.92 Å². The van der Waals surface area contributed by atoms with Crippen LogP contribution in [0.1, 0.15) is 13.8 Å². The van der Waals surface area contributed by atoms with Crippen LogP contribution in [0.5, 0.6) is 11.5 Å². The van der Waals surface area contributed by atoms with E-state index in [1.165, 1.54) is 0 Å². The van der Waals surface area contributed by atoms with Gasteiger partial charge in [-0.05, 0) is 42.3 Å². The van der Waals surface area contributed by atoms with E-state index in [9.17, 15) is 9.59 Å². The Balaban J connectivity index is 1.60. The topological polar surface area (TPSA) is 67.9 Å². The molecule has 0 aromatic heterocycles. The second-order valence-electron chi connectivity index (χ2n) is 6.58. The number of anilines is 2. The molecule has 6 nitrogen and oxygen atoms in total. The highest BCUT2D eigenvalue weighted by molar-refractivity contribution is 5.96. The zero-order valence-electron chi connectivity index (χ0n) is 14.9. The van der Waals surface area contributed by atoms with Crippen LogP contribution < -0.4 is 19.7 Å². The van der Waals surface area contributed by atoms with Gasteiger partial charge in [-0.15, -0.1) is 0 Å². The summed E-state index contributed by atoms with van der Waals surface area (Å²) in [6.07, 6.45) is 0. The molecule has 0 saturated carbocycles. The van der Waals surface area contributed by atoms with E-state index in [0.29, 0.717) is 24.0 Å².